The molecule has 2 heterocycles. The number of benzene rings is 1. The van der Waals surface area contributed by atoms with Crippen LogP contribution in [0, 0.1) is 13.8 Å². The van der Waals surface area contributed by atoms with Gasteiger partial charge in [0.25, 0.3) is 0 Å². The van der Waals surface area contributed by atoms with Crippen molar-refractivity contribution < 1.29 is 12.9 Å². The van der Waals surface area contributed by atoms with Gasteiger partial charge in [-0.25, -0.2) is 8.42 Å². The lowest BCUT2D eigenvalue weighted by atomic mass is 10.2. The predicted molar refractivity (Wildman–Crippen MR) is 85.6 cm³/mol. The Morgan fingerprint density at radius 1 is 1.29 bits per heavy atom. The first-order valence-corrected chi connectivity index (χ1v) is 8.71. The number of hydrogen-bond donors (Lipinski definition) is 1. The molecule has 9 heteroatoms. The molecule has 2 aromatic heterocycles. The van der Waals surface area contributed by atoms with Crippen LogP contribution in [0.3, 0.4) is 0 Å². The van der Waals surface area contributed by atoms with Gasteiger partial charge in [-0.05, 0) is 24.6 Å². The highest BCUT2D eigenvalue weighted by Gasteiger charge is 2.27. The largest absolute Gasteiger partial charge is 0.340 e. The van der Waals surface area contributed by atoms with Crippen molar-refractivity contribution >= 4 is 10.0 Å². The fourth-order valence-electron chi connectivity index (χ4n) is 2.30. The maximum absolute atomic E-state index is 12.7. The maximum atomic E-state index is 12.7. The zero-order valence-corrected chi connectivity index (χ0v) is 14.3. The second-order valence-electron chi connectivity index (χ2n) is 5.49. The third kappa shape index (κ3) is 3.36. The van der Waals surface area contributed by atoms with E-state index in [0.29, 0.717) is 11.5 Å². The number of sulfonamides is 1. The van der Waals surface area contributed by atoms with Crippen molar-refractivity contribution in [3.05, 3.63) is 59.5 Å². The van der Waals surface area contributed by atoms with Gasteiger partial charge in [-0.3, -0.25) is 4.68 Å². The van der Waals surface area contributed by atoms with Gasteiger partial charge >= 0.3 is 0 Å². The molecule has 0 radical (unpaired) electrons. The summed E-state index contributed by atoms with van der Waals surface area (Å²) in [6.45, 7) is 3.48. The van der Waals surface area contributed by atoms with Gasteiger partial charge in [0.1, 0.15) is 6.04 Å². The molecule has 126 valence electrons. The zero-order valence-electron chi connectivity index (χ0n) is 13.5. The SMILES string of the molecule is Cc1cccc(S(=O)(=O)N[C@H](c2cnn(C)c2)c2noc(C)n2)c1. The van der Waals surface area contributed by atoms with Crippen LogP contribution in [0.15, 0.2) is 46.1 Å². The summed E-state index contributed by atoms with van der Waals surface area (Å²) in [7, 11) is -2.02. The third-order valence-electron chi connectivity index (χ3n) is 3.43. The number of aromatic nitrogens is 4. The molecule has 0 unspecified atom stereocenters. The van der Waals surface area contributed by atoms with Gasteiger partial charge in [0.2, 0.25) is 15.9 Å². The molecule has 3 rings (SSSR count). The van der Waals surface area contributed by atoms with Crippen LogP contribution in [0.1, 0.15) is 28.9 Å². The fraction of sp³-hybridized carbons (Fsp3) is 0.267. The Kier molecular flexibility index (Phi) is 4.20. The number of aryl methyl sites for hydroxylation is 3. The molecule has 0 saturated heterocycles. The van der Waals surface area contributed by atoms with E-state index in [1.807, 2.05) is 13.0 Å². The Balaban J connectivity index is 2.00. The Bertz CT molecular complexity index is 921. The standard InChI is InChI=1S/C15H17N5O3S/c1-10-5-4-6-13(7-10)24(21,22)19-14(12-8-16-20(3)9-12)15-17-11(2)23-18-15/h4-9,14,19H,1-3H3/t14-/m1/s1. The molecule has 1 atom stereocenters. The smallest absolute Gasteiger partial charge is 0.241 e. The van der Waals surface area contributed by atoms with Gasteiger partial charge < -0.3 is 4.52 Å². The second kappa shape index (κ2) is 6.17. The van der Waals surface area contributed by atoms with Gasteiger partial charge in [0, 0.05) is 25.7 Å². The lowest BCUT2D eigenvalue weighted by Crippen LogP contribution is -2.30. The second-order valence-corrected chi connectivity index (χ2v) is 7.20. The predicted octanol–water partition coefficient (Wildman–Crippen LogP) is 1.49. The molecule has 3 aromatic rings. The van der Waals surface area contributed by atoms with Crippen molar-refractivity contribution in [3.63, 3.8) is 0 Å². The summed E-state index contributed by atoms with van der Waals surface area (Å²) in [6.07, 6.45) is 3.27. The van der Waals surface area contributed by atoms with E-state index in [9.17, 15) is 8.42 Å². The molecule has 1 N–H and O–H groups in total. The van der Waals surface area contributed by atoms with Crippen LogP contribution < -0.4 is 4.72 Å². The molecule has 0 aliphatic heterocycles. The van der Waals surface area contributed by atoms with Crippen molar-refractivity contribution in [2.75, 3.05) is 0 Å². The van der Waals surface area contributed by atoms with Crippen molar-refractivity contribution in [1.82, 2.24) is 24.6 Å². The van der Waals surface area contributed by atoms with Crippen molar-refractivity contribution in [2.45, 2.75) is 24.8 Å². The molecule has 0 bridgehead atoms. The van der Waals surface area contributed by atoms with E-state index in [-0.39, 0.29) is 10.7 Å². The van der Waals surface area contributed by atoms with E-state index in [1.165, 1.54) is 6.07 Å². The minimum Gasteiger partial charge on any atom is -0.340 e. The average Bonchev–Trinajstić information content (AvgIpc) is 3.14. The van der Waals surface area contributed by atoms with Gasteiger partial charge in [-0.2, -0.15) is 14.8 Å². The van der Waals surface area contributed by atoms with Crippen LogP contribution in [0.2, 0.25) is 0 Å². The average molecular weight is 347 g/mol. The van der Waals surface area contributed by atoms with E-state index in [4.69, 9.17) is 4.52 Å². The first-order chi connectivity index (χ1) is 11.3. The molecule has 0 saturated carbocycles. The topological polar surface area (TPSA) is 103 Å². The first kappa shape index (κ1) is 16.3. The summed E-state index contributed by atoms with van der Waals surface area (Å²) in [5.74, 6) is 0.588. The quantitative estimate of drug-likeness (QED) is 0.750. The summed E-state index contributed by atoms with van der Waals surface area (Å²) in [6, 6.07) is 5.88. The molecule has 0 aliphatic carbocycles. The summed E-state index contributed by atoms with van der Waals surface area (Å²) < 4.78 is 34.7. The molecule has 1 aromatic carbocycles. The number of nitrogens with one attached hydrogen (secondary N) is 1. The normalized spacial score (nSPS) is 13.1. The summed E-state index contributed by atoms with van der Waals surface area (Å²) in [5.41, 5.74) is 1.47. The molecule has 24 heavy (non-hydrogen) atoms. The number of nitrogens with zero attached hydrogens (tertiary/aromatic N) is 4. The Hall–Kier alpha value is -2.52. The highest BCUT2D eigenvalue weighted by Crippen LogP contribution is 2.22. The Labute approximate surface area is 139 Å². The van der Waals surface area contributed by atoms with Gasteiger partial charge in [-0.1, -0.05) is 17.3 Å². The Morgan fingerprint density at radius 3 is 2.67 bits per heavy atom. The highest BCUT2D eigenvalue weighted by atomic mass is 32.2. The summed E-state index contributed by atoms with van der Waals surface area (Å²) in [5, 5.41) is 7.93. The van der Waals surface area contributed by atoms with Crippen molar-refractivity contribution in [3.8, 4) is 0 Å². The number of hydrogen-bond acceptors (Lipinski definition) is 6. The van der Waals surface area contributed by atoms with Crippen molar-refractivity contribution in [1.29, 1.82) is 0 Å². The van der Waals surface area contributed by atoms with Gasteiger partial charge in [-0.15, -0.1) is 0 Å². The third-order valence-corrected chi connectivity index (χ3v) is 4.85. The van der Waals surface area contributed by atoms with Crippen LogP contribution in [-0.2, 0) is 17.1 Å². The molecule has 0 fully saturated rings. The van der Waals surface area contributed by atoms with E-state index < -0.39 is 16.1 Å². The monoisotopic (exact) mass is 347 g/mol. The van der Waals surface area contributed by atoms with Crippen molar-refractivity contribution in [2.24, 2.45) is 7.05 Å². The van der Waals surface area contributed by atoms with Crippen LogP contribution in [0.4, 0.5) is 0 Å². The molecule has 8 nitrogen and oxygen atoms in total. The van der Waals surface area contributed by atoms with E-state index >= 15 is 0 Å². The maximum Gasteiger partial charge on any atom is 0.241 e. The fourth-order valence-corrected chi connectivity index (χ4v) is 3.58. The molecule has 0 amide bonds. The summed E-state index contributed by atoms with van der Waals surface area (Å²) in [4.78, 5) is 4.33. The number of rotatable bonds is 5. The summed E-state index contributed by atoms with van der Waals surface area (Å²) >= 11 is 0. The molecule has 0 spiro atoms. The van der Waals surface area contributed by atoms with Crippen LogP contribution >= 0.6 is 0 Å². The van der Waals surface area contributed by atoms with Gasteiger partial charge in [0.15, 0.2) is 5.82 Å². The first-order valence-electron chi connectivity index (χ1n) is 7.23. The van der Waals surface area contributed by atoms with E-state index in [2.05, 4.69) is 20.0 Å². The lowest BCUT2D eigenvalue weighted by Gasteiger charge is -2.14. The van der Waals surface area contributed by atoms with E-state index in [1.54, 1.807) is 43.2 Å². The minimum atomic E-state index is -3.77. The lowest BCUT2D eigenvalue weighted by molar-refractivity contribution is 0.384. The van der Waals surface area contributed by atoms with Gasteiger partial charge in [0.05, 0.1) is 11.1 Å². The van der Waals surface area contributed by atoms with Crippen LogP contribution in [0.5, 0.6) is 0 Å². The minimum absolute atomic E-state index is 0.177. The van der Waals surface area contributed by atoms with Crippen LogP contribution in [0.25, 0.3) is 0 Å². The molecular formula is C15H17N5O3S. The highest BCUT2D eigenvalue weighted by molar-refractivity contribution is 7.89. The molecular weight excluding hydrogens is 330 g/mol. The van der Waals surface area contributed by atoms with Crippen LogP contribution in [-0.4, -0.2) is 28.3 Å². The van der Waals surface area contributed by atoms with E-state index in [0.717, 1.165) is 5.56 Å². The Morgan fingerprint density at radius 2 is 2.08 bits per heavy atom. The molecule has 0 aliphatic rings. The zero-order chi connectivity index (χ0) is 17.3.